The van der Waals surface area contributed by atoms with Crippen LogP contribution in [0.4, 0.5) is 10.5 Å². The lowest BCUT2D eigenvalue weighted by Crippen LogP contribution is -2.31. The summed E-state index contributed by atoms with van der Waals surface area (Å²) in [4.78, 5) is 41.9. The second-order valence-electron chi connectivity index (χ2n) is 6.44. The first-order chi connectivity index (χ1) is 13.6. The number of rotatable bonds is 6. The smallest absolute Gasteiger partial charge is 0.325 e. The third kappa shape index (κ3) is 3.73. The Hall–Kier alpha value is -3.62. The van der Waals surface area contributed by atoms with Crippen LogP contribution in [0.1, 0.15) is 18.4 Å². The molecule has 9 nitrogen and oxygen atoms in total. The summed E-state index contributed by atoms with van der Waals surface area (Å²) < 4.78 is 10.6. The molecule has 3 heterocycles. The maximum Gasteiger partial charge on any atom is 0.325 e. The van der Waals surface area contributed by atoms with E-state index in [0.29, 0.717) is 17.2 Å². The number of urea groups is 1. The number of anilines is 1. The van der Waals surface area contributed by atoms with Crippen molar-refractivity contribution in [3.8, 4) is 11.5 Å². The molecule has 144 valence electrons. The Morgan fingerprint density at radius 2 is 2.11 bits per heavy atom. The molecule has 2 aromatic rings. The van der Waals surface area contributed by atoms with Crippen LogP contribution >= 0.6 is 0 Å². The predicted octanol–water partition coefficient (Wildman–Crippen LogP) is 1.65. The SMILES string of the molecule is O=C(CC[C@H]1NC(=O)N(Cc2ccc3c(c2)OCO3)C1=O)Nc1cccnc1. The van der Waals surface area contributed by atoms with Gasteiger partial charge >= 0.3 is 6.03 Å². The van der Waals surface area contributed by atoms with Crippen molar-refractivity contribution in [1.29, 1.82) is 0 Å². The average molecular weight is 382 g/mol. The Kier molecular flexibility index (Phi) is 4.79. The highest BCUT2D eigenvalue weighted by Crippen LogP contribution is 2.33. The zero-order chi connectivity index (χ0) is 19.5. The van der Waals surface area contributed by atoms with Gasteiger partial charge in [0.1, 0.15) is 6.04 Å². The van der Waals surface area contributed by atoms with Gasteiger partial charge in [0.05, 0.1) is 18.4 Å². The molecule has 0 saturated carbocycles. The standard InChI is InChI=1S/C19H18N4O5/c24-17(21-13-2-1-7-20-9-13)6-4-14-18(25)23(19(26)22-14)10-12-3-5-15-16(8-12)28-11-27-15/h1-3,5,7-9,14H,4,6,10-11H2,(H,21,24)(H,22,26)/t14-/m1/s1. The highest BCUT2D eigenvalue weighted by molar-refractivity contribution is 6.04. The van der Waals surface area contributed by atoms with Crippen LogP contribution in [0.5, 0.6) is 11.5 Å². The fourth-order valence-electron chi connectivity index (χ4n) is 3.08. The zero-order valence-electron chi connectivity index (χ0n) is 14.9. The van der Waals surface area contributed by atoms with Crippen LogP contribution in [0, 0.1) is 0 Å². The molecule has 1 aromatic heterocycles. The maximum atomic E-state index is 12.6. The molecule has 2 aliphatic rings. The zero-order valence-corrected chi connectivity index (χ0v) is 14.9. The van der Waals surface area contributed by atoms with Crippen LogP contribution in [-0.2, 0) is 16.1 Å². The van der Waals surface area contributed by atoms with Crippen molar-refractivity contribution in [3.63, 3.8) is 0 Å². The van der Waals surface area contributed by atoms with Crippen molar-refractivity contribution in [2.24, 2.45) is 0 Å². The van der Waals surface area contributed by atoms with Crippen molar-refractivity contribution in [2.45, 2.75) is 25.4 Å². The summed E-state index contributed by atoms with van der Waals surface area (Å²) in [6, 6.07) is 7.52. The number of amides is 4. The van der Waals surface area contributed by atoms with Crippen molar-refractivity contribution >= 4 is 23.5 Å². The van der Waals surface area contributed by atoms with Crippen LogP contribution in [0.25, 0.3) is 0 Å². The van der Waals surface area contributed by atoms with Gasteiger partial charge in [-0.2, -0.15) is 0 Å². The van der Waals surface area contributed by atoms with E-state index >= 15 is 0 Å². The Morgan fingerprint density at radius 1 is 1.25 bits per heavy atom. The van der Waals surface area contributed by atoms with Gasteiger partial charge in [-0.25, -0.2) is 4.79 Å². The van der Waals surface area contributed by atoms with Crippen LogP contribution in [-0.4, -0.2) is 40.6 Å². The van der Waals surface area contributed by atoms with E-state index in [0.717, 1.165) is 10.5 Å². The first-order valence-electron chi connectivity index (χ1n) is 8.80. The van der Waals surface area contributed by atoms with Gasteiger partial charge in [-0.15, -0.1) is 0 Å². The molecule has 0 bridgehead atoms. The summed E-state index contributed by atoms with van der Waals surface area (Å²) in [5, 5.41) is 5.34. The maximum absolute atomic E-state index is 12.6. The third-order valence-electron chi connectivity index (χ3n) is 4.49. The second kappa shape index (κ2) is 7.55. The topological polar surface area (TPSA) is 110 Å². The largest absolute Gasteiger partial charge is 0.454 e. The fourth-order valence-corrected chi connectivity index (χ4v) is 3.08. The molecule has 9 heteroatoms. The minimum absolute atomic E-state index is 0.101. The van der Waals surface area contributed by atoms with E-state index in [4.69, 9.17) is 9.47 Å². The van der Waals surface area contributed by atoms with E-state index in [1.165, 1.54) is 6.20 Å². The Labute approximate surface area is 160 Å². The number of carbonyl (C=O) groups is 3. The van der Waals surface area contributed by atoms with E-state index in [2.05, 4.69) is 15.6 Å². The number of carbonyl (C=O) groups excluding carboxylic acids is 3. The normalized spacial score (nSPS) is 17.6. The molecular weight excluding hydrogens is 364 g/mol. The number of nitrogens with zero attached hydrogens (tertiary/aromatic N) is 2. The number of hydrogen-bond donors (Lipinski definition) is 2. The number of hydrogen-bond acceptors (Lipinski definition) is 6. The monoisotopic (exact) mass is 382 g/mol. The van der Waals surface area contributed by atoms with E-state index in [1.807, 2.05) is 0 Å². The fraction of sp³-hybridized carbons (Fsp3) is 0.263. The first-order valence-corrected chi connectivity index (χ1v) is 8.80. The quantitative estimate of drug-likeness (QED) is 0.735. The Balaban J connectivity index is 1.33. The summed E-state index contributed by atoms with van der Waals surface area (Å²) in [5.41, 5.74) is 1.33. The molecule has 2 aliphatic heterocycles. The lowest BCUT2D eigenvalue weighted by molar-refractivity contribution is -0.128. The lowest BCUT2D eigenvalue weighted by Gasteiger charge is -2.13. The molecule has 1 atom stereocenters. The molecule has 4 amide bonds. The lowest BCUT2D eigenvalue weighted by atomic mass is 10.1. The van der Waals surface area contributed by atoms with Crippen LogP contribution in [0.2, 0.25) is 0 Å². The minimum atomic E-state index is -0.721. The number of nitrogens with one attached hydrogen (secondary N) is 2. The van der Waals surface area contributed by atoms with Gasteiger partial charge in [0.25, 0.3) is 5.91 Å². The van der Waals surface area contributed by atoms with Gasteiger partial charge in [-0.3, -0.25) is 19.5 Å². The van der Waals surface area contributed by atoms with Crippen LogP contribution < -0.4 is 20.1 Å². The van der Waals surface area contributed by atoms with Gasteiger partial charge < -0.3 is 20.1 Å². The molecule has 4 rings (SSSR count). The Morgan fingerprint density at radius 3 is 2.93 bits per heavy atom. The minimum Gasteiger partial charge on any atom is -0.454 e. The average Bonchev–Trinajstić information content (AvgIpc) is 3.26. The van der Waals surface area contributed by atoms with E-state index in [-0.39, 0.29) is 38.0 Å². The molecule has 2 N–H and O–H groups in total. The summed E-state index contributed by atoms with van der Waals surface area (Å²) >= 11 is 0. The van der Waals surface area contributed by atoms with E-state index in [9.17, 15) is 14.4 Å². The predicted molar refractivity (Wildman–Crippen MR) is 97.5 cm³/mol. The summed E-state index contributed by atoms with van der Waals surface area (Å²) in [5.74, 6) is 0.632. The summed E-state index contributed by atoms with van der Waals surface area (Å²) in [7, 11) is 0. The van der Waals surface area contributed by atoms with Gasteiger partial charge in [0.15, 0.2) is 11.5 Å². The summed E-state index contributed by atoms with van der Waals surface area (Å²) in [6.45, 7) is 0.283. The van der Waals surface area contributed by atoms with Crippen LogP contribution in [0.15, 0.2) is 42.7 Å². The number of fused-ring (bicyclic) bond motifs is 1. The van der Waals surface area contributed by atoms with E-state index in [1.54, 1.807) is 36.5 Å². The number of aromatic nitrogens is 1. The van der Waals surface area contributed by atoms with Gasteiger partial charge in [-0.05, 0) is 36.2 Å². The second-order valence-corrected chi connectivity index (χ2v) is 6.44. The van der Waals surface area contributed by atoms with Crippen molar-refractivity contribution in [3.05, 3.63) is 48.3 Å². The molecule has 0 radical (unpaired) electrons. The highest BCUT2D eigenvalue weighted by Gasteiger charge is 2.38. The third-order valence-corrected chi connectivity index (χ3v) is 4.49. The molecule has 28 heavy (non-hydrogen) atoms. The van der Waals surface area contributed by atoms with Crippen molar-refractivity contribution < 1.29 is 23.9 Å². The van der Waals surface area contributed by atoms with Crippen molar-refractivity contribution in [2.75, 3.05) is 12.1 Å². The number of pyridine rings is 1. The molecule has 1 fully saturated rings. The number of imide groups is 1. The van der Waals surface area contributed by atoms with E-state index < -0.39 is 12.1 Å². The van der Waals surface area contributed by atoms with Crippen LogP contribution in [0.3, 0.4) is 0 Å². The van der Waals surface area contributed by atoms with Crippen molar-refractivity contribution in [1.82, 2.24) is 15.2 Å². The summed E-state index contributed by atoms with van der Waals surface area (Å²) in [6.07, 6.45) is 3.46. The van der Waals surface area contributed by atoms with Gasteiger partial charge in [0, 0.05) is 12.6 Å². The Bertz CT molecular complexity index is 918. The van der Waals surface area contributed by atoms with Gasteiger partial charge in [0.2, 0.25) is 12.7 Å². The van der Waals surface area contributed by atoms with Gasteiger partial charge in [-0.1, -0.05) is 6.07 Å². The molecule has 0 aliphatic carbocycles. The molecule has 1 aromatic carbocycles. The molecule has 0 spiro atoms. The molecule has 1 saturated heterocycles. The molecule has 0 unspecified atom stereocenters. The number of ether oxygens (including phenoxy) is 2. The number of benzene rings is 1. The molecular formula is C19H18N4O5. The highest BCUT2D eigenvalue weighted by atomic mass is 16.7. The first kappa shape index (κ1) is 17.8.